The van der Waals surface area contributed by atoms with E-state index in [0.29, 0.717) is 0 Å². The van der Waals surface area contributed by atoms with Crippen molar-refractivity contribution < 1.29 is 22.3 Å². The Labute approximate surface area is 206 Å². The average Bonchev–Trinajstić information content (AvgIpc) is 3.02. The van der Waals surface area contributed by atoms with Gasteiger partial charge in [0.1, 0.15) is 5.75 Å². The van der Waals surface area contributed by atoms with Crippen LogP contribution < -0.4 is 10.1 Å². The van der Waals surface area contributed by atoms with Crippen molar-refractivity contribution in [2.24, 2.45) is 0 Å². The van der Waals surface area contributed by atoms with Crippen molar-refractivity contribution in [2.75, 3.05) is 26.2 Å². The molecule has 1 aliphatic heterocycles. The van der Waals surface area contributed by atoms with Crippen molar-refractivity contribution in [3.63, 3.8) is 0 Å². The average molecular weight is 515 g/mol. The van der Waals surface area contributed by atoms with Crippen LogP contribution in [0.15, 0.2) is 24.3 Å². The van der Waals surface area contributed by atoms with Gasteiger partial charge in [0.05, 0.1) is 6.10 Å². The normalized spacial score (nSPS) is 18.6. The number of nitrogens with zero attached hydrogens (tertiary/aromatic N) is 1. The first kappa shape index (κ1) is 31.6. The molecule has 1 aromatic carbocycles. The van der Waals surface area contributed by atoms with Gasteiger partial charge in [0.15, 0.2) is 8.32 Å². The predicted molar refractivity (Wildman–Crippen MR) is 138 cm³/mol. The van der Waals surface area contributed by atoms with Gasteiger partial charge >= 0.3 is 6.36 Å². The van der Waals surface area contributed by atoms with Gasteiger partial charge in [-0.1, -0.05) is 39.8 Å². The van der Waals surface area contributed by atoms with E-state index in [1.165, 1.54) is 12.1 Å². The maximum atomic E-state index is 12.6. The smallest absolute Gasteiger partial charge is 0.413 e. The van der Waals surface area contributed by atoms with Crippen LogP contribution in [0, 0.1) is 0 Å². The lowest BCUT2D eigenvalue weighted by atomic mass is 10.1. The van der Waals surface area contributed by atoms with Gasteiger partial charge in [0, 0.05) is 25.7 Å². The Bertz CT molecular complexity index is 688. The SMILES string of the molecule is CCCN[C@H](CN1CC[C@@H](O[Si](C)(C)C(C)(C)C)C1)c1cccc(OC(F)(F)F)c1.S.S. The van der Waals surface area contributed by atoms with Gasteiger partial charge in [-0.25, -0.2) is 0 Å². The summed E-state index contributed by atoms with van der Waals surface area (Å²) in [4.78, 5) is 2.35. The second-order valence-electron chi connectivity index (χ2n) is 9.68. The second-order valence-corrected chi connectivity index (χ2v) is 14.4. The number of ether oxygens (including phenoxy) is 1. The van der Waals surface area contributed by atoms with E-state index in [9.17, 15) is 13.2 Å². The van der Waals surface area contributed by atoms with Crippen LogP contribution in [0.5, 0.6) is 5.75 Å². The highest BCUT2D eigenvalue weighted by Gasteiger charge is 2.40. The Morgan fingerprint density at radius 3 is 2.41 bits per heavy atom. The Kier molecular flexibility index (Phi) is 12.7. The van der Waals surface area contributed by atoms with E-state index in [0.717, 1.165) is 44.6 Å². The zero-order chi connectivity index (χ0) is 22.6. The van der Waals surface area contributed by atoms with Crippen LogP contribution >= 0.6 is 27.0 Å². The van der Waals surface area contributed by atoms with Crippen molar-refractivity contribution in [1.29, 1.82) is 0 Å². The zero-order valence-corrected chi connectivity index (χ0v) is 23.1. The summed E-state index contributed by atoms with van der Waals surface area (Å²) in [6.45, 7) is 16.7. The lowest BCUT2D eigenvalue weighted by Crippen LogP contribution is -2.44. The highest BCUT2D eigenvalue weighted by atomic mass is 32.1. The molecule has 1 aliphatic rings. The second kappa shape index (κ2) is 12.9. The molecule has 10 heteroatoms. The molecule has 0 amide bonds. The van der Waals surface area contributed by atoms with Crippen molar-refractivity contribution in [3.05, 3.63) is 29.8 Å². The molecule has 1 heterocycles. The molecule has 1 N–H and O–H groups in total. The fraction of sp³-hybridized carbons (Fsp3) is 0.727. The molecular formula is C22H41F3N2O2S2Si. The summed E-state index contributed by atoms with van der Waals surface area (Å²) in [5, 5.41) is 3.65. The summed E-state index contributed by atoms with van der Waals surface area (Å²) in [6.07, 6.45) is -2.53. The van der Waals surface area contributed by atoms with Crippen LogP contribution in [0.2, 0.25) is 18.1 Å². The van der Waals surface area contributed by atoms with Gasteiger partial charge in [-0.3, -0.25) is 4.90 Å². The number of hydrogen-bond donors (Lipinski definition) is 1. The Hall–Kier alpha value is -0.393. The molecule has 188 valence electrons. The molecular weight excluding hydrogens is 473 g/mol. The van der Waals surface area contributed by atoms with E-state index >= 15 is 0 Å². The zero-order valence-electron chi connectivity index (χ0n) is 20.1. The molecule has 0 aromatic heterocycles. The summed E-state index contributed by atoms with van der Waals surface area (Å²) in [5.74, 6) is -0.177. The van der Waals surface area contributed by atoms with E-state index < -0.39 is 14.7 Å². The van der Waals surface area contributed by atoms with Crippen LogP contribution in [-0.2, 0) is 4.43 Å². The van der Waals surface area contributed by atoms with Crippen molar-refractivity contribution in [3.8, 4) is 5.75 Å². The molecule has 0 radical (unpaired) electrons. The summed E-state index contributed by atoms with van der Waals surface area (Å²) >= 11 is 0. The third-order valence-electron chi connectivity index (χ3n) is 6.07. The van der Waals surface area contributed by atoms with Gasteiger partial charge in [-0.2, -0.15) is 27.0 Å². The molecule has 1 saturated heterocycles. The monoisotopic (exact) mass is 514 g/mol. The van der Waals surface area contributed by atoms with E-state index in [1.54, 1.807) is 6.07 Å². The third kappa shape index (κ3) is 9.85. The molecule has 1 fully saturated rings. The van der Waals surface area contributed by atoms with Crippen molar-refractivity contribution in [2.45, 2.75) is 77.2 Å². The fourth-order valence-corrected chi connectivity index (χ4v) is 4.82. The minimum Gasteiger partial charge on any atom is -0.413 e. The third-order valence-corrected chi connectivity index (χ3v) is 10.6. The topological polar surface area (TPSA) is 33.7 Å². The molecule has 0 unspecified atom stereocenters. The summed E-state index contributed by atoms with van der Waals surface area (Å²) < 4.78 is 48.5. The molecule has 0 saturated carbocycles. The van der Waals surface area contributed by atoms with Gasteiger partial charge < -0.3 is 14.5 Å². The van der Waals surface area contributed by atoms with Crippen LogP contribution in [0.1, 0.15) is 52.1 Å². The van der Waals surface area contributed by atoms with Gasteiger partial charge in [-0.05, 0) is 55.2 Å². The molecule has 4 nitrogen and oxygen atoms in total. The van der Waals surface area contributed by atoms with Crippen LogP contribution in [0.4, 0.5) is 13.2 Å². The van der Waals surface area contributed by atoms with E-state index in [2.05, 4.69) is 55.7 Å². The highest BCUT2D eigenvalue weighted by molar-refractivity contribution is 7.59. The standard InChI is InChI=1S/C22H37F3N2O2Si.2H2S/c1-7-12-26-20(17-9-8-10-18(14-17)28-22(23,24)25)16-27-13-11-19(15-27)29-30(5,6)21(2,3)4;;/h8-10,14,19-20,26H,7,11-13,15-16H2,1-6H3;2*1H2/t19-,20-;;/m1../s1. The molecule has 0 spiro atoms. The highest BCUT2D eigenvalue weighted by Crippen LogP contribution is 2.38. The number of benzene rings is 1. The van der Waals surface area contributed by atoms with Gasteiger partial charge in [0.2, 0.25) is 0 Å². The first-order chi connectivity index (χ1) is 13.8. The lowest BCUT2D eigenvalue weighted by molar-refractivity contribution is -0.274. The Balaban J connectivity index is 0.00000480. The number of hydrogen-bond acceptors (Lipinski definition) is 4. The largest absolute Gasteiger partial charge is 0.573 e. The molecule has 2 atom stereocenters. The number of rotatable bonds is 9. The summed E-state index contributed by atoms with van der Waals surface area (Å²) in [7, 11) is -1.82. The number of halogens is 3. The van der Waals surface area contributed by atoms with Crippen molar-refractivity contribution in [1.82, 2.24) is 10.2 Å². The van der Waals surface area contributed by atoms with Crippen LogP contribution in [0.3, 0.4) is 0 Å². The van der Waals surface area contributed by atoms with Crippen LogP contribution in [-0.4, -0.2) is 51.9 Å². The van der Waals surface area contributed by atoms with Crippen LogP contribution in [0.25, 0.3) is 0 Å². The van der Waals surface area contributed by atoms with E-state index in [4.69, 9.17) is 4.43 Å². The number of nitrogens with one attached hydrogen (secondary N) is 1. The lowest BCUT2D eigenvalue weighted by Gasteiger charge is -2.38. The molecule has 0 bridgehead atoms. The van der Waals surface area contributed by atoms with E-state index in [1.807, 2.05) is 6.07 Å². The first-order valence-corrected chi connectivity index (χ1v) is 13.7. The first-order valence-electron chi connectivity index (χ1n) is 10.8. The quantitative estimate of drug-likeness (QED) is 0.413. The van der Waals surface area contributed by atoms with Gasteiger partial charge in [0.25, 0.3) is 0 Å². The molecule has 0 aliphatic carbocycles. The van der Waals surface area contributed by atoms with E-state index in [-0.39, 0.29) is 49.9 Å². The Morgan fingerprint density at radius 1 is 1.19 bits per heavy atom. The Morgan fingerprint density at radius 2 is 1.84 bits per heavy atom. The minimum atomic E-state index is -4.69. The maximum Gasteiger partial charge on any atom is 0.573 e. The molecule has 2 rings (SSSR count). The number of likely N-dealkylation sites (tertiary alicyclic amines) is 1. The summed E-state index contributed by atoms with van der Waals surface area (Å²) in [5.41, 5.74) is 0.805. The van der Waals surface area contributed by atoms with Crippen molar-refractivity contribution >= 4 is 35.3 Å². The summed E-state index contributed by atoms with van der Waals surface area (Å²) in [6, 6.07) is 6.24. The number of alkyl halides is 3. The molecule has 1 aromatic rings. The maximum absolute atomic E-state index is 12.6. The fourth-order valence-electron chi connectivity index (χ4n) is 3.45. The van der Waals surface area contributed by atoms with Gasteiger partial charge in [-0.15, -0.1) is 13.2 Å². The minimum absolute atomic E-state index is 0. The molecule has 32 heavy (non-hydrogen) atoms. The predicted octanol–water partition coefficient (Wildman–Crippen LogP) is 5.95.